The van der Waals surface area contributed by atoms with E-state index in [-0.39, 0.29) is 16.8 Å². The van der Waals surface area contributed by atoms with Gasteiger partial charge in [-0.2, -0.15) is 5.26 Å². The highest BCUT2D eigenvalue weighted by Crippen LogP contribution is 2.36. The fraction of sp³-hybridized carbons (Fsp3) is 0. The molecule has 158 valence electrons. The maximum absolute atomic E-state index is 15.4. The van der Waals surface area contributed by atoms with Gasteiger partial charge in [0.15, 0.2) is 5.82 Å². The third-order valence-electron chi connectivity index (χ3n) is 5.36. The summed E-state index contributed by atoms with van der Waals surface area (Å²) in [6, 6.07) is 26.6. The van der Waals surface area contributed by atoms with Gasteiger partial charge >= 0.3 is 0 Å². The van der Waals surface area contributed by atoms with Crippen molar-refractivity contribution in [1.29, 1.82) is 5.26 Å². The van der Waals surface area contributed by atoms with Crippen molar-refractivity contribution in [2.75, 3.05) is 4.90 Å². The van der Waals surface area contributed by atoms with Crippen LogP contribution >= 0.6 is 0 Å². The van der Waals surface area contributed by atoms with Crippen LogP contribution in [0.3, 0.4) is 0 Å². The third-order valence-corrected chi connectivity index (χ3v) is 5.36. The van der Waals surface area contributed by atoms with E-state index in [1.54, 1.807) is 66.7 Å². The molecular formula is C27H15FN2O3. The summed E-state index contributed by atoms with van der Waals surface area (Å²) in [5, 5.41) is 9.05. The van der Waals surface area contributed by atoms with Crippen molar-refractivity contribution >= 4 is 17.5 Å². The molecule has 33 heavy (non-hydrogen) atoms. The number of nitriles is 1. The molecule has 0 aromatic heterocycles. The number of halogens is 1. The van der Waals surface area contributed by atoms with Gasteiger partial charge in [-0.3, -0.25) is 9.59 Å². The van der Waals surface area contributed by atoms with E-state index in [1.165, 1.54) is 18.2 Å². The minimum Gasteiger partial charge on any atom is -0.457 e. The number of fused-ring (bicyclic) bond motifs is 1. The molecule has 0 atom stereocenters. The predicted octanol–water partition coefficient (Wildman–Crippen LogP) is 5.96. The van der Waals surface area contributed by atoms with Crippen molar-refractivity contribution in [3.8, 4) is 28.7 Å². The first kappa shape index (κ1) is 20.2. The molecule has 5 rings (SSSR count). The minimum absolute atomic E-state index is 0.105. The Morgan fingerprint density at radius 1 is 0.727 bits per heavy atom. The van der Waals surface area contributed by atoms with Crippen molar-refractivity contribution in [2.45, 2.75) is 0 Å². The first-order chi connectivity index (χ1) is 16.1. The number of nitrogens with zero attached hydrogens (tertiary/aromatic N) is 2. The average molecular weight is 434 g/mol. The van der Waals surface area contributed by atoms with Gasteiger partial charge in [-0.15, -0.1) is 0 Å². The quantitative estimate of drug-likeness (QED) is 0.372. The molecule has 4 aromatic rings. The predicted molar refractivity (Wildman–Crippen MR) is 121 cm³/mol. The Morgan fingerprint density at radius 2 is 1.45 bits per heavy atom. The van der Waals surface area contributed by atoms with Crippen LogP contribution in [0.4, 0.5) is 10.1 Å². The van der Waals surface area contributed by atoms with Gasteiger partial charge in [0.2, 0.25) is 0 Å². The van der Waals surface area contributed by atoms with E-state index in [2.05, 4.69) is 0 Å². The zero-order valence-corrected chi connectivity index (χ0v) is 17.2. The van der Waals surface area contributed by atoms with Crippen molar-refractivity contribution < 1.29 is 18.7 Å². The van der Waals surface area contributed by atoms with Crippen LogP contribution < -0.4 is 9.64 Å². The van der Waals surface area contributed by atoms with Crippen molar-refractivity contribution in [1.82, 2.24) is 0 Å². The first-order valence-corrected chi connectivity index (χ1v) is 10.1. The summed E-state index contributed by atoms with van der Waals surface area (Å²) in [4.78, 5) is 27.0. The maximum Gasteiger partial charge on any atom is 0.266 e. The molecule has 0 saturated heterocycles. The number of hydrogen-bond donors (Lipinski definition) is 0. The number of amides is 2. The van der Waals surface area contributed by atoms with Gasteiger partial charge < -0.3 is 4.74 Å². The lowest BCUT2D eigenvalue weighted by Gasteiger charge is -2.16. The minimum atomic E-state index is -0.650. The summed E-state index contributed by atoms with van der Waals surface area (Å²) in [6.45, 7) is 0. The normalized spacial score (nSPS) is 12.4. The van der Waals surface area contributed by atoms with E-state index in [9.17, 15) is 9.59 Å². The third kappa shape index (κ3) is 3.52. The summed E-state index contributed by atoms with van der Waals surface area (Å²) in [6.07, 6.45) is 0. The highest BCUT2D eigenvalue weighted by atomic mass is 19.1. The zero-order chi connectivity index (χ0) is 22.9. The van der Waals surface area contributed by atoms with E-state index in [0.717, 1.165) is 4.90 Å². The Morgan fingerprint density at radius 3 is 2.24 bits per heavy atom. The molecule has 0 unspecified atom stereocenters. The smallest absolute Gasteiger partial charge is 0.266 e. The van der Waals surface area contributed by atoms with E-state index < -0.39 is 17.6 Å². The Kier molecular flexibility index (Phi) is 4.92. The number of carbonyl (C=O) groups excluding carboxylic acids is 2. The number of rotatable bonds is 4. The highest BCUT2D eigenvalue weighted by Gasteiger charge is 2.38. The van der Waals surface area contributed by atoms with Gasteiger partial charge in [0.1, 0.15) is 11.5 Å². The molecule has 1 heterocycles. The number of hydrogen-bond acceptors (Lipinski definition) is 4. The molecule has 0 N–H and O–H groups in total. The van der Waals surface area contributed by atoms with Gasteiger partial charge in [-0.25, -0.2) is 9.29 Å². The van der Waals surface area contributed by atoms with E-state index in [0.29, 0.717) is 28.2 Å². The maximum atomic E-state index is 15.4. The second-order valence-corrected chi connectivity index (χ2v) is 7.40. The largest absolute Gasteiger partial charge is 0.457 e. The number of imide groups is 1. The van der Waals surface area contributed by atoms with Crippen LogP contribution in [0.25, 0.3) is 11.1 Å². The van der Waals surface area contributed by atoms with Crippen LogP contribution in [0.5, 0.6) is 11.5 Å². The SMILES string of the molecule is N#Cc1cccc(Oc2ccc3c(c2)C(=O)N(c2cccc(-c4ccccc4)c2F)C3=O)c1. The molecule has 1 aliphatic rings. The van der Waals surface area contributed by atoms with Crippen molar-refractivity contribution in [3.05, 3.63) is 114 Å². The standard InChI is InChI=1S/C27H15FN2O3/c28-25-21(18-7-2-1-3-8-18)10-5-11-24(25)30-26(31)22-13-12-20(15-23(22)27(30)32)33-19-9-4-6-17(14-19)16-29/h1-15H. The molecule has 2 amide bonds. The molecule has 6 heteroatoms. The average Bonchev–Trinajstić information content (AvgIpc) is 3.09. The van der Waals surface area contributed by atoms with Crippen LogP contribution in [0.1, 0.15) is 26.3 Å². The van der Waals surface area contributed by atoms with E-state index in [1.807, 2.05) is 12.1 Å². The summed E-state index contributed by atoms with van der Waals surface area (Å²) < 4.78 is 21.2. The van der Waals surface area contributed by atoms with Crippen LogP contribution in [0, 0.1) is 17.1 Å². The molecule has 0 radical (unpaired) electrons. The molecule has 4 aromatic carbocycles. The van der Waals surface area contributed by atoms with E-state index >= 15 is 4.39 Å². The lowest BCUT2D eigenvalue weighted by molar-refractivity contribution is 0.0925. The summed E-state index contributed by atoms with van der Waals surface area (Å²) in [7, 11) is 0. The summed E-state index contributed by atoms with van der Waals surface area (Å²) >= 11 is 0. The number of ether oxygens (including phenoxy) is 1. The van der Waals surface area contributed by atoms with Crippen molar-refractivity contribution in [2.24, 2.45) is 0 Å². The second kappa shape index (κ2) is 8.06. The molecule has 0 spiro atoms. The number of carbonyl (C=O) groups is 2. The van der Waals surface area contributed by atoms with Gasteiger partial charge in [-0.05, 0) is 48.0 Å². The fourth-order valence-corrected chi connectivity index (χ4v) is 3.80. The van der Waals surface area contributed by atoms with Crippen LogP contribution in [-0.4, -0.2) is 11.8 Å². The van der Waals surface area contributed by atoms with Crippen LogP contribution in [0.15, 0.2) is 91.0 Å². The Labute approximate surface area is 188 Å². The van der Waals surface area contributed by atoms with Gasteiger partial charge in [0, 0.05) is 5.56 Å². The first-order valence-electron chi connectivity index (χ1n) is 10.1. The second-order valence-electron chi connectivity index (χ2n) is 7.40. The van der Waals surface area contributed by atoms with Crippen LogP contribution in [-0.2, 0) is 0 Å². The Balaban J connectivity index is 1.50. The molecule has 0 fully saturated rings. The topological polar surface area (TPSA) is 70.4 Å². The van der Waals surface area contributed by atoms with Gasteiger partial charge in [0.25, 0.3) is 11.8 Å². The molecular weight excluding hydrogens is 419 g/mol. The fourth-order valence-electron chi connectivity index (χ4n) is 3.80. The van der Waals surface area contributed by atoms with Gasteiger partial charge in [-0.1, -0.05) is 48.5 Å². The van der Waals surface area contributed by atoms with Gasteiger partial charge in [0.05, 0.1) is 28.4 Å². The lowest BCUT2D eigenvalue weighted by Crippen LogP contribution is -2.30. The zero-order valence-electron chi connectivity index (χ0n) is 17.2. The highest BCUT2D eigenvalue weighted by molar-refractivity contribution is 6.34. The molecule has 1 aliphatic heterocycles. The molecule has 0 saturated carbocycles. The Hall–Kier alpha value is -4.76. The number of benzene rings is 4. The molecule has 5 nitrogen and oxygen atoms in total. The monoisotopic (exact) mass is 434 g/mol. The van der Waals surface area contributed by atoms with Crippen LogP contribution in [0.2, 0.25) is 0 Å². The lowest BCUT2D eigenvalue weighted by atomic mass is 10.0. The Bertz CT molecular complexity index is 1460. The summed E-state index contributed by atoms with van der Waals surface area (Å²) in [5.41, 5.74) is 1.56. The number of anilines is 1. The van der Waals surface area contributed by atoms with Crippen molar-refractivity contribution in [3.63, 3.8) is 0 Å². The molecule has 0 aliphatic carbocycles. The summed E-state index contributed by atoms with van der Waals surface area (Å²) in [5.74, 6) is -1.13. The van der Waals surface area contributed by atoms with E-state index in [4.69, 9.17) is 10.00 Å². The molecule has 0 bridgehead atoms.